The Morgan fingerprint density at radius 2 is 1.79 bits per heavy atom. The Morgan fingerprint density at radius 1 is 1.05 bits per heavy atom. The molecule has 0 saturated heterocycles. The molecule has 2 aliphatic rings. The summed E-state index contributed by atoms with van der Waals surface area (Å²) in [5.41, 5.74) is -0.112. The molecular formula is C17H21NO. The van der Waals surface area contributed by atoms with Crippen LogP contribution in [0.4, 0.5) is 0 Å². The van der Waals surface area contributed by atoms with Gasteiger partial charge in [-0.15, -0.1) is 0 Å². The maximum absolute atomic E-state index is 11.3. The third kappa shape index (κ3) is 1.80. The summed E-state index contributed by atoms with van der Waals surface area (Å²) < 4.78 is 0. The smallest absolute Gasteiger partial charge is 0.0901 e. The van der Waals surface area contributed by atoms with E-state index in [1.807, 2.05) is 18.2 Å². The number of rotatable bonds is 2. The SMILES string of the molecule is N#CC1(C2(O)CCCCC2c2ccccc2)CCC1. The summed E-state index contributed by atoms with van der Waals surface area (Å²) in [4.78, 5) is 0. The van der Waals surface area contributed by atoms with E-state index < -0.39 is 11.0 Å². The molecule has 2 fully saturated rings. The van der Waals surface area contributed by atoms with Crippen LogP contribution in [0.5, 0.6) is 0 Å². The predicted molar refractivity (Wildman–Crippen MR) is 74.5 cm³/mol. The van der Waals surface area contributed by atoms with Gasteiger partial charge in [0.2, 0.25) is 0 Å². The minimum Gasteiger partial charge on any atom is -0.388 e. The van der Waals surface area contributed by atoms with Gasteiger partial charge < -0.3 is 5.11 Å². The van der Waals surface area contributed by atoms with Crippen molar-refractivity contribution in [1.29, 1.82) is 5.26 Å². The average molecular weight is 255 g/mol. The Balaban J connectivity index is 2.00. The Hall–Kier alpha value is -1.33. The van der Waals surface area contributed by atoms with Crippen LogP contribution in [0.15, 0.2) is 30.3 Å². The van der Waals surface area contributed by atoms with Crippen LogP contribution in [-0.2, 0) is 0 Å². The lowest BCUT2D eigenvalue weighted by Gasteiger charge is -2.54. The number of nitriles is 1. The van der Waals surface area contributed by atoms with E-state index in [-0.39, 0.29) is 5.92 Å². The van der Waals surface area contributed by atoms with Crippen LogP contribution in [0, 0.1) is 16.7 Å². The van der Waals surface area contributed by atoms with Gasteiger partial charge in [0.1, 0.15) is 0 Å². The van der Waals surface area contributed by atoms with E-state index >= 15 is 0 Å². The summed E-state index contributed by atoms with van der Waals surface area (Å²) in [6, 6.07) is 12.8. The first kappa shape index (κ1) is 12.7. The van der Waals surface area contributed by atoms with Crippen LogP contribution in [-0.4, -0.2) is 10.7 Å². The highest BCUT2D eigenvalue weighted by atomic mass is 16.3. The van der Waals surface area contributed by atoms with Gasteiger partial charge in [-0.1, -0.05) is 49.6 Å². The summed E-state index contributed by atoms with van der Waals surface area (Å²) in [5, 5.41) is 20.9. The molecule has 2 saturated carbocycles. The fraction of sp³-hybridized carbons (Fsp3) is 0.588. The highest BCUT2D eigenvalue weighted by Gasteiger charge is 2.58. The van der Waals surface area contributed by atoms with Crippen molar-refractivity contribution in [2.24, 2.45) is 5.41 Å². The Labute approximate surface area is 115 Å². The second-order valence-electron chi connectivity index (χ2n) is 6.18. The lowest BCUT2D eigenvalue weighted by Crippen LogP contribution is -2.56. The summed E-state index contributed by atoms with van der Waals surface area (Å²) in [7, 11) is 0. The molecule has 0 aromatic heterocycles. The van der Waals surface area contributed by atoms with Gasteiger partial charge in [0.05, 0.1) is 17.1 Å². The summed E-state index contributed by atoms with van der Waals surface area (Å²) in [6.07, 6.45) is 6.79. The third-order valence-corrected chi connectivity index (χ3v) is 5.33. The number of hydrogen-bond acceptors (Lipinski definition) is 2. The number of nitrogens with zero attached hydrogens (tertiary/aromatic N) is 1. The molecule has 2 heteroatoms. The lowest BCUT2D eigenvalue weighted by molar-refractivity contribution is -0.131. The van der Waals surface area contributed by atoms with Crippen LogP contribution < -0.4 is 0 Å². The quantitative estimate of drug-likeness (QED) is 0.874. The zero-order chi connectivity index (χ0) is 13.3. The molecule has 0 spiro atoms. The minimum atomic E-state index is -0.820. The molecule has 0 bridgehead atoms. The van der Waals surface area contributed by atoms with Gasteiger partial charge in [0.15, 0.2) is 0 Å². The van der Waals surface area contributed by atoms with Crippen molar-refractivity contribution in [2.75, 3.05) is 0 Å². The van der Waals surface area contributed by atoms with Crippen molar-refractivity contribution in [3.8, 4) is 6.07 Å². The molecule has 19 heavy (non-hydrogen) atoms. The van der Waals surface area contributed by atoms with Crippen molar-refractivity contribution >= 4 is 0 Å². The zero-order valence-corrected chi connectivity index (χ0v) is 11.3. The molecule has 1 N–H and O–H groups in total. The lowest BCUT2D eigenvalue weighted by atomic mass is 9.51. The molecule has 0 amide bonds. The Bertz CT molecular complexity index is 486. The van der Waals surface area contributed by atoms with E-state index in [9.17, 15) is 10.4 Å². The Morgan fingerprint density at radius 3 is 2.37 bits per heavy atom. The van der Waals surface area contributed by atoms with Crippen molar-refractivity contribution in [3.05, 3.63) is 35.9 Å². The van der Waals surface area contributed by atoms with E-state index in [4.69, 9.17) is 0 Å². The second kappa shape index (κ2) is 4.65. The molecule has 0 radical (unpaired) electrons. The first-order chi connectivity index (χ1) is 9.22. The van der Waals surface area contributed by atoms with E-state index in [2.05, 4.69) is 18.2 Å². The highest BCUT2D eigenvalue weighted by molar-refractivity contribution is 5.29. The monoisotopic (exact) mass is 255 g/mol. The number of aliphatic hydroxyl groups is 1. The fourth-order valence-corrected chi connectivity index (χ4v) is 4.03. The normalized spacial score (nSPS) is 33.2. The van der Waals surface area contributed by atoms with E-state index in [1.54, 1.807) is 0 Å². The molecule has 0 aliphatic heterocycles. The zero-order valence-electron chi connectivity index (χ0n) is 11.3. The van der Waals surface area contributed by atoms with Crippen LogP contribution >= 0.6 is 0 Å². The van der Waals surface area contributed by atoms with Gasteiger partial charge in [-0.25, -0.2) is 0 Å². The molecule has 3 rings (SSSR count). The van der Waals surface area contributed by atoms with Gasteiger partial charge in [-0.05, 0) is 31.2 Å². The molecule has 1 aromatic carbocycles. The largest absolute Gasteiger partial charge is 0.388 e. The highest BCUT2D eigenvalue weighted by Crippen LogP contribution is 2.58. The first-order valence-electron chi connectivity index (χ1n) is 7.40. The van der Waals surface area contributed by atoms with Crippen molar-refractivity contribution < 1.29 is 5.11 Å². The maximum atomic E-state index is 11.3. The summed E-state index contributed by atoms with van der Waals surface area (Å²) >= 11 is 0. The van der Waals surface area contributed by atoms with Crippen molar-refractivity contribution in [2.45, 2.75) is 56.5 Å². The van der Waals surface area contributed by atoms with Crippen molar-refractivity contribution in [1.82, 2.24) is 0 Å². The molecule has 100 valence electrons. The van der Waals surface area contributed by atoms with Crippen LogP contribution in [0.3, 0.4) is 0 Å². The molecule has 0 heterocycles. The van der Waals surface area contributed by atoms with E-state index in [0.717, 1.165) is 44.9 Å². The molecule has 2 nitrogen and oxygen atoms in total. The van der Waals surface area contributed by atoms with Crippen LogP contribution in [0.2, 0.25) is 0 Å². The summed E-state index contributed by atoms with van der Waals surface area (Å²) in [5.74, 6) is 0.127. The fourth-order valence-electron chi connectivity index (χ4n) is 4.03. The van der Waals surface area contributed by atoms with Crippen LogP contribution in [0.1, 0.15) is 56.4 Å². The Kier molecular flexibility index (Phi) is 3.11. The first-order valence-corrected chi connectivity index (χ1v) is 7.40. The topological polar surface area (TPSA) is 44.0 Å². The number of hydrogen-bond donors (Lipinski definition) is 1. The number of benzene rings is 1. The van der Waals surface area contributed by atoms with Gasteiger partial charge in [0.25, 0.3) is 0 Å². The molecular weight excluding hydrogens is 234 g/mol. The summed E-state index contributed by atoms with van der Waals surface area (Å²) in [6.45, 7) is 0. The van der Waals surface area contributed by atoms with Gasteiger partial charge in [-0.2, -0.15) is 5.26 Å². The minimum absolute atomic E-state index is 0.127. The maximum Gasteiger partial charge on any atom is 0.0901 e. The van der Waals surface area contributed by atoms with Gasteiger partial charge in [0, 0.05) is 5.92 Å². The second-order valence-corrected chi connectivity index (χ2v) is 6.18. The molecule has 2 unspecified atom stereocenters. The van der Waals surface area contributed by atoms with Crippen molar-refractivity contribution in [3.63, 3.8) is 0 Å². The van der Waals surface area contributed by atoms with Crippen LogP contribution in [0.25, 0.3) is 0 Å². The average Bonchev–Trinajstić information content (AvgIpc) is 2.39. The van der Waals surface area contributed by atoms with Gasteiger partial charge >= 0.3 is 0 Å². The predicted octanol–water partition coefficient (Wildman–Crippen LogP) is 3.77. The van der Waals surface area contributed by atoms with E-state index in [0.29, 0.717) is 0 Å². The van der Waals surface area contributed by atoms with Gasteiger partial charge in [-0.3, -0.25) is 0 Å². The molecule has 1 aromatic rings. The third-order valence-electron chi connectivity index (χ3n) is 5.33. The standard InChI is InChI=1S/C17H21NO/c18-13-16(10-6-11-16)17(19)12-5-4-9-15(17)14-7-2-1-3-8-14/h1-3,7-8,15,19H,4-6,9-12H2. The van der Waals surface area contributed by atoms with E-state index in [1.165, 1.54) is 5.56 Å². The molecule has 2 atom stereocenters. The molecule has 2 aliphatic carbocycles.